The Hall–Kier alpha value is -2.34. The SMILES string of the molecule is NC(=O)C1CCCN(C(=O)c2cccnc2Sc2ccccc2)C1. The molecule has 0 saturated carbocycles. The van der Waals surface area contributed by atoms with Gasteiger partial charge in [-0.05, 0) is 37.1 Å². The van der Waals surface area contributed by atoms with Crippen LogP contribution < -0.4 is 5.73 Å². The van der Waals surface area contributed by atoms with Crippen LogP contribution in [0.2, 0.25) is 0 Å². The zero-order valence-electron chi connectivity index (χ0n) is 13.2. The van der Waals surface area contributed by atoms with Crippen LogP contribution in [0.4, 0.5) is 0 Å². The number of benzene rings is 1. The Bertz CT molecular complexity index is 736. The fraction of sp³-hybridized carbons (Fsp3) is 0.278. The standard InChI is InChI=1S/C18H19N3O2S/c19-16(22)13-6-5-11-21(12-13)18(23)15-9-4-10-20-17(15)24-14-7-2-1-3-8-14/h1-4,7-10,13H,5-6,11-12H2,(H2,19,22). The van der Waals surface area contributed by atoms with Gasteiger partial charge in [0.2, 0.25) is 5.91 Å². The molecular formula is C18H19N3O2S. The number of piperidine rings is 1. The highest BCUT2D eigenvalue weighted by molar-refractivity contribution is 7.99. The summed E-state index contributed by atoms with van der Waals surface area (Å²) < 4.78 is 0. The molecule has 5 nitrogen and oxygen atoms in total. The van der Waals surface area contributed by atoms with Gasteiger partial charge in [0, 0.05) is 24.2 Å². The lowest BCUT2D eigenvalue weighted by molar-refractivity contribution is -0.123. The molecule has 24 heavy (non-hydrogen) atoms. The van der Waals surface area contributed by atoms with Gasteiger partial charge >= 0.3 is 0 Å². The topological polar surface area (TPSA) is 76.3 Å². The minimum absolute atomic E-state index is 0.0903. The largest absolute Gasteiger partial charge is 0.369 e. The summed E-state index contributed by atoms with van der Waals surface area (Å²) in [6.07, 6.45) is 3.23. The Balaban J connectivity index is 1.81. The zero-order chi connectivity index (χ0) is 16.9. The van der Waals surface area contributed by atoms with Gasteiger partial charge in [-0.1, -0.05) is 30.0 Å². The van der Waals surface area contributed by atoms with Gasteiger partial charge in [-0.2, -0.15) is 0 Å². The van der Waals surface area contributed by atoms with Crippen molar-refractivity contribution in [1.82, 2.24) is 9.88 Å². The Morgan fingerprint density at radius 2 is 1.96 bits per heavy atom. The molecule has 6 heteroatoms. The first kappa shape index (κ1) is 16.5. The fourth-order valence-electron chi connectivity index (χ4n) is 2.80. The van der Waals surface area contributed by atoms with Crippen molar-refractivity contribution in [2.24, 2.45) is 11.7 Å². The molecule has 2 aromatic rings. The Morgan fingerprint density at radius 3 is 2.71 bits per heavy atom. The summed E-state index contributed by atoms with van der Waals surface area (Å²) in [5.74, 6) is -0.686. The highest BCUT2D eigenvalue weighted by Crippen LogP contribution is 2.29. The maximum absolute atomic E-state index is 12.9. The summed E-state index contributed by atoms with van der Waals surface area (Å²) in [5.41, 5.74) is 5.97. The Kier molecular flexibility index (Phi) is 5.15. The lowest BCUT2D eigenvalue weighted by atomic mass is 9.97. The first-order valence-corrected chi connectivity index (χ1v) is 8.73. The second-order valence-corrected chi connectivity index (χ2v) is 6.83. The molecule has 0 bridgehead atoms. The molecule has 1 aromatic carbocycles. The first-order valence-electron chi connectivity index (χ1n) is 7.91. The number of rotatable bonds is 4. The number of pyridine rings is 1. The number of nitrogens with two attached hydrogens (primary N) is 1. The molecule has 0 spiro atoms. The molecule has 3 rings (SSSR count). The average molecular weight is 341 g/mol. The van der Waals surface area contributed by atoms with Gasteiger partial charge < -0.3 is 10.6 Å². The fourth-order valence-corrected chi connectivity index (χ4v) is 3.69. The zero-order valence-corrected chi connectivity index (χ0v) is 14.0. The van der Waals surface area contributed by atoms with Crippen molar-refractivity contribution in [3.05, 3.63) is 54.2 Å². The third kappa shape index (κ3) is 3.76. The first-order chi connectivity index (χ1) is 11.6. The van der Waals surface area contributed by atoms with Crippen LogP contribution in [0.1, 0.15) is 23.2 Å². The van der Waals surface area contributed by atoms with Gasteiger partial charge in [0.1, 0.15) is 5.03 Å². The van der Waals surface area contributed by atoms with Crippen molar-refractivity contribution in [2.45, 2.75) is 22.8 Å². The van der Waals surface area contributed by atoms with Crippen molar-refractivity contribution >= 4 is 23.6 Å². The van der Waals surface area contributed by atoms with Gasteiger partial charge in [0.15, 0.2) is 0 Å². The lowest BCUT2D eigenvalue weighted by Crippen LogP contribution is -2.44. The summed E-state index contributed by atoms with van der Waals surface area (Å²) in [4.78, 5) is 31.4. The van der Waals surface area contributed by atoms with Crippen LogP contribution in [0.3, 0.4) is 0 Å². The van der Waals surface area contributed by atoms with Crippen LogP contribution >= 0.6 is 11.8 Å². The number of hydrogen-bond donors (Lipinski definition) is 1. The van der Waals surface area contributed by atoms with E-state index in [0.29, 0.717) is 23.7 Å². The van der Waals surface area contributed by atoms with Crippen LogP contribution in [0.15, 0.2) is 58.6 Å². The molecule has 1 atom stereocenters. The predicted molar refractivity (Wildman–Crippen MR) is 92.6 cm³/mol. The quantitative estimate of drug-likeness (QED) is 0.927. The van der Waals surface area contributed by atoms with Crippen molar-refractivity contribution < 1.29 is 9.59 Å². The molecule has 0 aliphatic carbocycles. The van der Waals surface area contributed by atoms with E-state index in [0.717, 1.165) is 17.7 Å². The summed E-state index contributed by atoms with van der Waals surface area (Å²) >= 11 is 1.46. The molecule has 1 unspecified atom stereocenters. The second kappa shape index (κ2) is 7.49. The van der Waals surface area contributed by atoms with Crippen LogP contribution in [0.25, 0.3) is 0 Å². The molecule has 1 saturated heterocycles. The highest BCUT2D eigenvalue weighted by atomic mass is 32.2. The Labute approximate surface area is 145 Å². The maximum atomic E-state index is 12.9. The summed E-state index contributed by atoms with van der Waals surface area (Å²) in [6, 6.07) is 13.4. The second-order valence-electron chi connectivity index (χ2n) is 5.76. The van der Waals surface area contributed by atoms with Gasteiger partial charge in [-0.25, -0.2) is 4.98 Å². The van der Waals surface area contributed by atoms with Crippen LogP contribution in [0, 0.1) is 5.92 Å². The van der Waals surface area contributed by atoms with E-state index in [-0.39, 0.29) is 17.7 Å². The van der Waals surface area contributed by atoms with Gasteiger partial charge in [0.05, 0.1) is 11.5 Å². The molecule has 1 fully saturated rings. The molecule has 1 aliphatic heterocycles. The molecule has 2 heterocycles. The molecule has 1 aromatic heterocycles. The van der Waals surface area contributed by atoms with Gasteiger partial charge in [-0.15, -0.1) is 0 Å². The maximum Gasteiger partial charge on any atom is 0.256 e. The summed E-state index contributed by atoms with van der Waals surface area (Å²) in [7, 11) is 0. The van der Waals surface area contributed by atoms with Crippen LogP contribution in [-0.4, -0.2) is 34.8 Å². The number of aromatic nitrogens is 1. The molecule has 0 radical (unpaired) electrons. The highest BCUT2D eigenvalue weighted by Gasteiger charge is 2.28. The monoisotopic (exact) mass is 341 g/mol. The predicted octanol–water partition coefficient (Wildman–Crippen LogP) is 2.57. The minimum atomic E-state index is -0.336. The average Bonchev–Trinajstić information content (AvgIpc) is 2.62. The van der Waals surface area contributed by atoms with E-state index >= 15 is 0 Å². The van der Waals surface area contributed by atoms with Crippen molar-refractivity contribution in [3.63, 3.8) is 0 Å². The van der Waals surface area contributed by atoms with Gasteiger partial charge in [0.25, 0.3) is 5.91 Å². The van der Waals surface area contributed by atoms with Crippen molar-refractivity contribution in [2.75, 3.05) is 13.1 Å². The van der Waals surface area contributed by atoms with E-state index in [1.165, 1.54) is 11.8 Å². The summed E-state index contributed by atoms with van der Waals surface area (Å²) in [5, 5.41) is 0.676. The number of primary amides is 1. The van der Waals surface area contributed by atoms with Crippen LogP contribution in [0.5, 0.6) is 0 Å². The normalized spacial score (nSPS) is 17.5. The molecule has 2 amide bonds. The van der Waals surface area contributed by atoms with E-state index in [1.54, 1.807) is 23.2 Å². The van der Waals surface area contributed by atoms with E-state index in [9.17, 15) is 9.59 Å². The van der Waals surface area contributed by atoms with E-state index in [2.05, 4.69) is 4.98 Å². The lowest BCUT2D eigenvalue weighted by Gasteiger charge is -2.31. The molecule has 1 aliphatic rings. The Morgan fingerprint density at radius 1 is 1.17 bits per heavy atom. The summed E-state index contributed by atoms with van der Waals surface area (Å²) in [6.45, 7) is 1.03. The number of carbonyl (C=O) groups excluding carboxylic acids is 2. The van der Waals surface area contributed by atoms with E-state index in [1.807, 2.05) is 30.3 Å². The number of carbonyl (C=O) groups is 2. The smallest absolute Gasteiger partial charge is 0.256 e. The third-order valence-corrected chi connectivity index (χ3v) is 5.10. The number of nitrogens with zero attached hydrogens (tertiary/aromatic N) is 2. The minimum Gasteiger partial charge on any atom is -0.369 e. The van der Waals surface area contributed by atoms with Crippen LogP contribution in [-0.2, 0) is 4.79 Å². The number of amides is 2. The molecule has 124 valence electrons. The van der Waals surface area contributed by atoms with Crippen molar-refractivity contribution in [3.8, 4) is 0 Å². The number of hydrogen-bond acceptors (Lipinski definition) is 4. The molecule has 2 N–H and O–H groups in total. The van der Waals surface area contributed by atoms with E-state index < -0.39 is 0 Å². The van der Waals surface area contributed by atoms with Crippen molar-refractivity contribution in [1.29, 1.82) is 0 Å². The van der Waals surface area contributed by atoms with Gasteiger partial charge in [-0.3, -0.25) is 9.59 Å². The number of likely N-dealkylation sites (tertiary alicyclic amines) is 1. The molecular weight excluding hydrogens is 322 g/mol. The third-order valence-electron chi connectivity index (χ3n) is 4.07. The van der Waals surface area contributed by atoms with E-state index in [4.69, 9.17) is 5.73 Å².